The predicted octanol–water partition coefficient (Wildman–Crippen LogP) is 5.06. The molecule has 6 aromatic rings. The molecule has 0 spiro atoms. The number of hydrogen-bond acceptors (Lipinski definition) is 9. The van der Waals surface area contributed by atoms with Crippen LogP contribution in [0.25, 0.3) is 21.8 Å². The van der Waals surface area contributed by atoms with Gasteiger partial charge in [-0.15, -0.1) is 0 Å². The van der Waals surface area contributed by atoms with Gasteiger partial charge in [0.05, 0.1) is 53.6 Å². The van der Waals surface area contributed by atoms with Crippen molar-refractivity contribution in [2.24, 2.45) is 0 Å². The van der Waals surface area contributed by atoms with Crippen molar-refractivity contribution in [3.05, 3.63) is 139 Å². The summed E-state index contributed by atoms with van der Waals surface area (Å²) in [7, 11) is 2.95. The van der Waals surface area contributed by atoms with Gasteiger partial charge < -0.3 is 15.2 Å². The average Bonchev–Trinajstić information content (AvgIpc) is 3.08. The second-order valence-corrected chi connectivity index (χ2v) is 10.6. The van der Waals surface area contributed by atoms with Crippen LogP contribution in [0.4, 0.5) is 20.2 Å². The molecule has 2 heterocycles. The molecule has 6 rings (SSSR count). The number of nitrogens with zero attached hydrogens (tertiary/aromatic N) is 5. The number of nitro groups is 1. The van der Waals surface area contributed by atoms with Gasteiger partial charge in [-0.3, -0.25) is 28.8 Å². The van der Waals surface area contributed by atoms with Crippen molar-refractivity contribution in [2.75, 3.05) is 20.0 Å². The number of aromatic nitrogens is 4. The van der Waals surface area contributed by atoms with Crippen LogP contribution >= 0.6 is 0 Å². The number of benzene rings is 4. The molecule has 0 amide bonds. The van der Waals surface area contributed by atoms with Gasteiger partial charge in [-0.2, -0.15) is 0 Å². The highest BCUT2D eigenvalue weighted by Gasteiger charge is 2.12. The van der Waals surface area contributed by atoms with Crippen LogP contribution in [0.15, 0.2) is 95.0 Å². The lowest BCUT2D eigenvalue weighted by molar-refractivity contribution is -0.384. The Labute approximate surface area is 271 Å². The molecule has 0 radical (unpaired) electrons. The van der Waals surface area contributed by atoms with E-state index in [0.717, 1.165) is 0 Å². The number of nitrogen functional groups attached to an aromatic ring is 1. The lowest BCUT2D eigenvalue weighted by Gasteiger charge is -2.08. The fourth-order valence-corrected chi connectivity index (χ4v) is 4.95. The fraction of sp³-hybridized carbons (Fsp3) is 0.176. The molecule has 4 aromatic carbocycles. The Kier molecular flexibility index (Phi) is 10.0. The van der Waals surface area contributed by atoms with Gasteiger partial charge in [0.15, 0.2) is 0 Å². The molecular formula is C34H30F2N6O6. The molecule has 14 heteroatoms. The highest BCUT2D eigenvalue weighted by molar-refractivity contribution is 5.81. The van der Waals surface area contributed by atoms with E-state index in [1.807, 2.05) is 0 Å². The van der Waals surface area contributed by atoms with E-state index in [4.69, 9.17) is 15.2 Å². The Morgan fingerprint density at radius 3 is 1.67 bits per heavy atom. The van der Waals surface area contributed by atoms with Crippen molar-refractivity contribution in [3.63, 3.8) is 0 Å². The molecule has 0 saturated carbocycles. The summed E-state index contributed by atoms with van der Waals surface area (Å²) in [6, 6.07) is 18.1. The molecular weight excluding hydrogens is 626 g/mol. The highest BCUT2D eigenvalue weighted by Crippen LogP contribution is 2.19. The van der Waals surface area contributed by atoms with Crippen LogP contribution in [0, 0.1) is 21.7 Å². The topological polar surface area (TPSA) is 157 Å². The third kappa shape index (κ3) is 7.44. The van der Waals surface area contributed by atoms with E-state index in [0.29, 0.717) is 58.6 Å². The third-order valence-corrected chi connectivity index (χ3v) is 7.63. The summed E-state index contributed by atoms with van der Waals surface area (Å²) in [6.07, 6.45) is 3.47. The first-order chi connectivity index (χ1) is 23.1. The lowest BCUT2D eigenvalue weighted by Crippen LogP contribution is -2.21. The zero-order chi connectivity index (χ0) is 34.4. The summed E-state index contributed by atoms with van der Waals surface area (Å²) in [5.74, 6) is 0.136. The molecule has 0 bridgehead atoms. The van der Waals surface area contributed by atoms with E-state index in [-0.39, 0.29) is 40.1 Å². The lowest BCUT2D eigenvalue weighted by atomic mass is 10.1. The van der Waals surface area contributed by atoms with Crippen LogP contribution in [0.1, 0.15) is 11.1 Å². The van der Waals surface area contributed by atoms with E-state index in [2.05, 4.69) is 9.97 Å². The summed E-state index contributed by atoms with van der Waals surface area (Å²) in [4.78, 5) is 43.4. The molecule has 246 valence electrons. The number of ether oxygens (including phenoxy) is 2. The van der Waals surface area contributed by atoms with Gasteiger partial charge >= 0.3 is 0 Å². The molecule has 0 atom stereocenters. The maximum absolute atomic E-state index is 14.0. The first-order valence-electron chi connectivity index (χ1n) is 14.6. The molecule has 0 aliphatic rings. The van der Waals surface area contributed by atoms with E-state index >= 15 is 0 Å². The Morgan fingerprint density at radius 2 is 1.21 bits per heavy atom. The number of anilines is 1. The van der Waals surface area contributed by atoms with Crippen molar-refractivity contribution in [1.29, 1.82) is 0 Å². The van der Waals surface area contributed by atoms with Gasteiger partial charge in [-0.05, 0) is 60.4 Å². The minimum Gasteiger partial charge on any atom is -0.497 e. The van der Waals surface area contributed by atoms with Crippen molar-refractivity contribution in [3.8, 4) is 11.5 Å². The maximum Gasteiger partial charge on any atom is 0.271 e. The first-order valence-corrected chi connectivity index (χ1v) is 14.6. The second-order valence-electron chi connectivity index (χ2n) is 10.6. The highest BCUT2D eigenvalue weighted by atomic mass is 19.1. The smallest absolute Gasteiger partial charge is 0.271 e. The Balaban J connectivity index is 0.000000188. The van der Waals surface area contributed by atoms with Crippen molar-refractivity contribution >= 4 is 33.2 Å². The maximum atomic E-state index is 14.0. The standard InChI is InChI=1S/C17H14FN3O4.C17H16FN3O2/c1-25-13-4-2-11(15(18)9-13)6-7-20-10-19-16-8-12(21(23)24)3-5-14(16)17(20)22;1-23-13-4-2-11(15(18)9-13)6-7-21-10-20-16-8-12(19)3-5-14(16)17(21)22/h2-5,8-10H,6-7H2,1H3;2-5,8-10H,6-7,19H2,1H3. The van der Waals surface area contributed by atoms with Gasteiger partial charge in [0.2, 0.25) is 0 Å². The number of fused-ring (bicyclic) bond motifs is 2. The molecule has 12 nitrogen and oxygen atoms in total. The fourth-order valence-electron chi connectivity index (χ4n) is 4.95. The second kappa shape index (κ2) is 14.5. The number of methoxy groups -OCH3 is 2. The largest absolute Gasteiger partial charge is 0.497 e. The van der Waals surface area contributed by atoms with Gasteiger partial charge in [0.1, 0.15) is 23.1 Å². The quantitative estimate of drug-likeness (QED) is 0.128. The molecule has 48 heavy (non-hydrogen) atoms. The van der Waals surface area contributed by atoms with Crippen LogP contribution in [-0.2, 0) is 25.9 Å². The van der Waals surface area contributed by atoms with Crippen LogP contribution < -0.4 is 26.3 Å². The Hall–Kier alpha value is -6.18. The average molecular weight is 657 g/mol. The predicted molar refractivity (Wildman–Crippen MR) is 176 cm³/mol. The minimum absolute atomic E-state index is 0.127. The zero-order valence-electron chi connectivity index (χ0n) is 25.9. The number of aryl methyl sites for hydroxylation is 4. The van der Waals surface area contributed by atoms with E-state index in [1.54, 1.807) is 42.5 Å². The molecule has 2 aromatic heterocycles. The monoisotopic (exact) mass is 656 g/mol. The van der Waals surface area contributed by atoms with Crippen LogP contribution in [-0.4, -0.2) is 38.2 Å². The number of nitrogens with two attached hydrogens (primary N) is 1. The minimum atomic E-state index is -0.543. The molecule has 0 saturated heterocycles. The van der Waals surface area contributed by atoms with Crippen LogP contribution in [0.2, 0.25) is 0 Å². The number of rotatable bonds is 9. The number of non-ortho nitro benzene ring substituents is 1. The first kappa shape index (κ1) is 33.2. The van der Waals surface area contributed by atoms with Gasteiger partial charge in [0, 0.05) is 43.0 Å². The normalized spacial score (nSPS) is 10.8. The number of hydrogen-bond donors (Lipinski definition) is 1. The SMILES string of the molecule is COc1ccc(CCn2cnc3cc(N)ccc3c2=O)c(F)c1.COc1ccc(CCn2cnc3cc([N+](=O)[O-])ccc3c2=O)c(F)c1. The summed E-state index contributed by atoms with van der Waals surface area (Å²) in [5, 5.41) is 11.6. The molecule has 0 aliphatic carbocycles. The number of halogens is 2. The van der Waals surface area contributed by atoms with E-state index in [9.17, 15) is 28.5 Å². The summed E-state index contributed by atoms with van der Waals surface area (Å²) in [5.41, 5.74) is 7.42. The van der Waals surface area contributed by atoms with Crippen LogP contribution in [0.5, 0.6) is 11.5 Å². The van der Waals surface area contributed by atoms with Crippen LogP contribution in [0.3, 0.4) is 0 Å². The third-order valence-electron chi connectivity index (χ3n) is 7.63. The van der Waals surface area contributed by atoms with Crippen molar-refractivity contribution in [2.45, 2.75) is 25.9 Å². The van der Waals surface area contributed by atoms with Gasteiger partial charge in [-0.25, -0.2) is 18.7 Å². The molecule has 0 unspecified atom stereocenters. The summed E-state index contributed by atoms with van der Waals surface area (Å²) >= 11 is 0. The van der Waals surface area contributed by atoms with E-state index in [1.165, 1.54) is 66.3 Å². The van der Waals surface area contributed by atoms with Gasteiger partial charge in [0.25, 0.3) is 16.8 Å². The summed E-state index contributed by atoms with van der Waals surface area (Å²) < 4.78 is 40.7. The Bertz CT molecular complexity index is 2260. The summed E-state index contributed by atoms with van der Waals surface area (Å²) in [6.45, 7) is 0.581. The Morgan fingerprint density at radius 1 is 0.729 bits per heavy atom. The van der Waals surface area contributed by atoms with Gasteiger partial charge in [-0.1, -0.05) is 12.1 Å². The van der Waals surface area contributed by atoms with Crippen molar-refractivity contribution < 1.29 is 23.2 Å². The van der Waals surface area contributed by atoms with E-state index < -0.39 is 10.7 Å². The number of nitro benzene ring substituents is 1. The van der Waals surface area contributed by atoms with Crippen molar-refractivity contribution in [1.82, 2.24) is 19.1 Å². The molecule has 0 aliphatic heterocycles. The molecule has 2 N–H and O–H groups in total. The molecule has 0 fully saturated rings. The zero-order valence-corrected chi connectivity index (χ0v) is 25.9.